The first kappa shape index (κ1) is 16.6. The van der Waals surface area contributed by atoms with E-state index in [1.807, 2.05) is 0 Å². The van der Waals surface area contributed by atoms with Crippen molar-refractivity contribution in [3.05, 3.63) is 0 Å². The van der Waals surface area contributed by atoms with Crippen LogP contribution < -0.4 is 10.6 Å². The average molecular weight is 315 g/mol. The van der Waals surface area contributed by atoms with Crippen LogP contribution in [0.15, 0.2) is 0 Å². The molecule has 2 aliphatic rings. The number of carbonyl (C=O) groups excluding carboxylic acids is 2. The monoisotopic (exact) mass is 315 g/mol. The minimum absolute atomic E-state index is 0.0495. The zero-order valence-electron chi connectivity index (χ0n) is 13.1. The highest BCUT2D eigenvalue weighted by molar-refractivity contribution is 7.99. The van der Waals surface area contributed by atoms with Gasteiger partial charge in [0, 0.05) is 18.7 Å². The lowest BCUT2D eigenvalue weighted by Gasteiger charge is -2.32. The number of thioether (sulfide) groups is 1. The summed E-state index contributed by atoms with van der Waals surface area (Å²) in [5.74, 6) is -0.0942. The third-order valence-electron chi connectivity index (χ3n) is 4.22. The summed E-state index contributed by atoms with van der Waals surface area (Å²) >= 11 is 1.68. The van der Waals surface area contributed by atoms with Gasteiger partial charge in [-0.3, -0.25) is 9.59 Å². The second-order valence-electron chi connectivity index (χ2n) is 6.74. The van der Waals surface area contributed by atoms with Crippen molar-refractivity contribution in [2.24, 2.45) is 5.41 Å². The normalized spacial score (nSPS) is 33.3. The molecule has 7 heteroatoms. The molecular formula is C14H25N3O3S. The zero-order valence-corrected chi connectivity index (χ0v) is 13.9. The molecule has 3 atom stereocenters. The van der Waals surface area contributed by atoms with E-state index in [0.29, 0.717) is 12.3 Å². The molecule has 0 aliphatic carbocycles. The molecule has 2 saturated heterocycles. The molecule has 0 aromatic heterocycles. The minimum atomic E-state index is -1.79. The molecule has 0 spiro atoms. The number of likely N-dealkylation sites (N-methyl/N-ethyl adjacent to an activating group) is 1. The zero-order chi connectivity index (χ0) is 15.8. The molecule has 0 radical (unpaired) electrons. The third kappa shape index (κ3) is 3.35. The van der Waals surface area contributed by atoms with Gasteiger partial charge in [-0.2, -0.15) is 0 Å². The van der Waals surface area contributed by atoms with E-state index in [-0.39, 0.29) is 29.0 Å². The van der Waals surface area contributed by atoms with Gasteiger partial charge in [0.25, 0.3) is 5.91 Å². The summed E-state index contributed by atoms with van der Waals surface area (Å²) in [7, 11) is 1.66. The van der Waals surface area contributed by atoms with Crippen LogP contribution in [0.5, 0.6) is 0 Å². The Balaban J connectivity index is 2.17. The van der Waals surface area contributed by atoms with Crippen molar-refractivity contribution >= 4 is 23.6 Å². The van der Waals surface area contributed by atoms with Gasteiger partial charge in [0.05, 0.1) is 11.4 Å². The quantitative estimate of drug-likeness (QED) is 0.645. The molecule has 2 amide bonds. The SMILES string of the molecule is CN[C@@H](C)C(=O)N[C@]1(O)CCS[C@H]2CC(C)(C)CN2C1=O. The molecule has 2 aliphatic heterocycles. The minimum Gasteiger partial charge on any atom is -0.363 e. The lowest BCUT2D eigenvalue weighted by Crippen LogP contribution is -2.62. The van der Waals surface area contributed by atoms with Crippen LogP contribution in [0.1, 0.15) is 33.6 Å². The van der Waals surface area contributed by atoms with Crippen molar-refractivity contribution in [3.8, 4) is 0 Å². The van der Waals surface area contributed by atoms with Crippen LogP contribution in [-0.4, -0.2) is 58.3 Å². The van der Waals surface area contributed by atoms with Gasteiger partial charge in [-0.1, -0.05) is 13.8 Å². The number of hydrogen-bond donors (Lipinski definition) is 3. The summed E-state index contributed by atoms with van der Waals surface area (Å²) in [5, 5.41) is 16.1. The fourth-order valence-corrected chi connectivity index (χ4v) is 4.41. The number of amides is 2. The van der Waals surface area contributed by atoms with Gasteiger partial charge >= 0.3 is 0 Å². The predicted octanol–water partition coefficient (Wildman–Crippen LogP) is 0.121. The second kappa shape index (κ2) is 5.78. The Kier molecular flexibility index (Phi) is 4.56. The first-order valence-electron chi connectivity index (χ1n) is 7.33. The Labute approximate surface area is 130 Å². The van der Waals surface area contributed by atoms with E-state index in [1.165, 1.54) is 0 Å². The molecule has 0 aromatic carbocycles. The summed E-state index contributed by atoms with van der Waals surface area (Å²) < 4.78 is 0. The maximum atomic E-state index is 12.7. The Morgan fingerprint density at radius 2 is 2.19 bits per heavy atom. The van der Waals surface area contributed by atoms with E-state index in [0.717, 1.165) is 6.42 Å². The highest BCUT2D eigenvalue weighted by Crippen LogP contribution is 2.42. The summed E-state index contributed by atoms with van der Waals surface area (Å²) in [6.45, 7) is 6.55. The average Bonchev–Trinajstić information content (AvgIpc) is 2.66. The van der Waals surface area contributed by atoms with Crippen LogP contribution in [0, 0.1) is 5.41 Å². The fraction of sp³-hybridized carbons (Fsp3) is 0.857. The maximum Gasteiger partial charge on any atom is 0.276 e. The van der Waals surface area contributed by atoms with Gasteiger partial charge in [0.1, 0.15) is 0 Å². The molecule has 2 heterocycles. The van der Waals surface area contributed by atoms with Gasteiger partial charge < -0.3 is 20.6 Å². The topological polar surface area (TPSA) is 81.7 Å². The lowest BCUT2D eigenvalue weighted by molar-refractivity contribution is -0.159. The number of hydrogen-bond acceptors (Lipinski definition) is 5. The molecule has 0 aromatic rings. The summed E-state index contributed by atoms with van der Waals surface area (Å²) in [6, 6.07) is -0.455. The Bertz CT molecular complexity index is 443. The number of fused-ring (bicyclic) bond motifs is 1. The number of nitrogens with one attached hydrogen (secondary N) is 2. The Hall–Kier alpha value is -0.790. The van der Waals surface area contributed by atoms with E-state index in [9.17, 15) is 14.7 Å². The van der Waals surface area contributed by atoms with Crippen molar-refractivity contribution in [2.75, 3.05) is 19.3 Å². The lowest BCUT2D eigenvalue weighted by atomic mass is 9.93. The smallest absolute Gasteiger partial charge is 0.276 e. The molecule has 0 saturated carbocycles. The van der Waals surface area contributed by atoms with Crippen molar-refractivity contribution < 1.29 is 14.7 Å². The van der Waals surface area contributed by atoms with Crippen molar-refractivity contribution in [2.45, 2.75) is 50.8 Å². The highest BCUT2D eigenvalue weighted by atomic mass is 32.2. The standard InChI is InChI=1S/C14H25N3O3S/c1-9(15-4)11(18)16-14(20)5-6-21-10-7-13(2,3)8-17(10)12(14)19/h9-10,15,20H,5-8H2,1-4H3,(H,16,18)/t9-,10-,14-/m0/s1. The van der Waals surface area contributed by atoms with E-state index in [4.69, 9.17) is 0 Å². The predicted molar refractivity (Wildman–Crippen MR) is 82.6 cm³/mol. The number of rotatable bonds is 3. The van der Waals surface area contributed by atoms with E-state index >= 15 is 0 Å². The van der Waals surface area contributed by atoms with Crippen molar-refractivity contribution in [1.29, 1.82) is 0 Å². The largest absolute Gasteiger partial charge is 0.363 e. The molecule has 2 rings (SSSR count). The van der Waals surface area contributed by atoms with Gasteiger partial charge in [0.15, 0.2) is 0 Å². The van der Waals surface area contributed by atoms with E-state index < -0.39 is 11.8 Å². The molecule has 21 heavy (non-hydrogen) atoms. The number of carbonyl (C=O) groups is 2. The van der Waals surface area contributed by atoms with Crippen molar-refractivity contribution in [3.63, 3.8) is 0 Å². The van der Waals surface area contributed by atoms with Crippen LogP contribution in [0.4, 0.5) is 0 Å². The molecule has 0 unspecified atom stereocenters. The highest BCUT2D eigenvalue weighted by Gasteiger charge is 2.50. The summed E-state index contributed by atoms with van der Waals surface area (Å²) in [5.41, 5.74) is -1.74. The molecule has 120 valence electrons. The number of nitrogens with zero attached hydrogens (tertiary/aromatic N) is 1. The second-order valence-corrected chi connectivity index (χ2v) is 8.02. The molecule has 3 N–H and O–H groups in total. The molecule has 0 bridgehead atoms. The molecule has 2 fully saturated rings. The Morgan fingerprint density at radius 3 is 2.81 bits per heavy atom. The maximum absolute atomic E-state index is 12.7. The number of aliphatic hydroxyl groups is 1. The van der Waals surface area contributed by atoms with E-state index in [1.54, 1.807) is 30.6 Å². The van der Waals surface area contributed by atoms with Crippen LogP contribution in [0.2, 0.25) is 0 Å². The van der Waals surface area contributed by atoms with E-state index in [2.05, 4.69) is 24.5 Å². The van der Waals surface area contributed by atoms with Crippen LogP contribution in [0.25, 0.3) is 0 Å². The van der Waals surface area contributed by atoms with Crippen molar-refractivity contribution in [1.82, 2.24) is 15.5 Å². The summed E-state index contributed by atoms with van der Waals surface area (Å²) in [6.07, 6.45) is 1.16. The Morgan fingerprint density at radius 1 is 1.52 bits per heavy atom. The van der Waals surface area contributed by atoms with Crippen LogP contribution >= 0.6 is 11.8 Å². The van der Waals surface area contributed by atoms with Crippen LogP contribution in [0.3, 0.4) is 0 Å². The first-order valence-corrected chi connectivity index (χ1v) is 8.38. The third-order valence-corrected chi connectivity index (χ3v) is 5.46. The van der Waals surface area contributed by atoms with Gasteiger partial charge in [-0.05, 0) is 25.8 Å². The van der Waals surface area contributed by atoms with Gasteiger partial charge in [-0.25, -0.2) is 0 Å². The molecular weight excluding hydrogens is 290 g/mol. The summed E-state index contributed by atoms with van der Waals surface area (Å²) in [4.78, 5) is 26.4. The first-order chi connectivity index (χ1) is 9.68. The molecule has 6 nitrogen and oxygen atoms in total. The van der Waals surface area contributed by atoms with Gasteiger partial charge in [0.2, 0.25) is 11.6 Å². The fourth-order valence-electron chi connectivity index (χ4n) is 2.81. The van der Waals surface area contributed by atoms with Crippen LogP contribution in [-0.2, 0) is 9.59 Å². The van der Waals surface area contributed by atoms with Gasteiger partial charge in [-0.15, -0.1) is 11.8 Å².